The fraction of sp³-hybridized carbons (Fsp3) is 0.259. The van der Waals surface area contributed by atoms with E-state index in [9.17, 15) is 41.0 Å². The average Bonchev–Trinajstić information content (AvgIpc) is 2.82. The van der Waals surface area contributed by atoms with Gasteiger partial charge in [-0.2, -0.15) is 13.2 Å². The van der Waals surface area contributed by atoms with E-state index in [1.165, 1.54) is 13.0 Å². The Morgan fingerprint density at radius 1 is 0.900 bits per heavy atom. The summed E-state index contributed by atoms with van der Waals surface area (Å²) in [6.07, 6.45) is -10.3. The molecular formula is C27H23F6IN2O4. The number of carbonyl (C=O) groups is 2. The maximum atomic E-state index is 14.2. The van der Waals surface area contributed by atoms with Gasteiger partial charge in [-0.05, 0) is 90.4 Å². The molecular weight excluding hydrogens is 657 g/mol. The van der Waals surface area contributed by atoms with Crippen molar-refractivity contribution in [2.75, 3.05) is 5.32 Å². The number of carbonyl (C=O) groups excluding carboxylic acids is 2. The van der Waals surface area contributed by atoms with Gasteiger partial charge in [-0.25, -0.2) is 0 Å². The number of amides is 2. The molecule has 1 atom stereocenters. The van der Waals surface area contributed by atoms with E-state index in [4.69, 9.17) is 0 Å². The summed E-state index contributed by atoms with van der Waals surface area (Å²) in [7, 11) is 0. The summed E-state index contributed by atoms with van der Waals surface area (Å²) in [6.45, 7) is 4.91. The smallest absolute Gasteiger partial charge is 0.406 e. The van der Waals surface area contributed by atoms with Crippen molar-refractivity contribution in [3.8, 4) is 5.75 Å². The van der Waals surface area contributed by atoms with Crippen molar-refractivity contribution in [2.24, 2.45) is 0 Å². The molecule has 3 aromatic rings. The van der Waals surface area contributed by atoms with Crippen LogP contribution in [0.3, 0.4) is 0 Å². The van der Waals surface area contributed by atoms with Crippen LogP contribution in [-0.4, -0.2) is 35.5 Å². The largest absolute Gasteiger partial charge is 0.573 e. The van der Waals surface area contributed by atoms with E-state index in [0.29, 0.717) is 27.8 Å². The third-order valence-electron chi connectivity index (χ3n) is 5.71. The van der Waals surface area contributed by atoms with Crippen LogP contribution in [0.15, 0.2) is 60.7 Å². The zero-order chi connectivity index (χ0) is 30.0. The number of halogens is 7. The Hall–Kier alpha value is -3.33. The molecule has 0 radical (unpaired) electrons. The van der Waals surface area contributed by atoms with Crippen LogP contribution in [0.1, 0.15) is 51.3 Å². The number of alkyl halides is 6. The van der Waals surface area contributed by atoms with Gasteiger partial charge in [-0.15, -0.1) is 13.2 Å². The highest BCUT2D eigenvalue weighted by Crippen LogP contribution is 2.45. The van der Waals surface area contributed by atoms with Crippen LogP contribution in [0.2, 0.25) is 0 Å². The van der Waals surface area contributed by atoms with Gasteiger partial charge in [0.25, 0.3) is 11.8 Å². The molecule has 0 spiro atoms. The zero-order valence-corrected chi connectivity index (χ0v) is 23.3. The molecule has 0 saturated heterocycles. The minimum atomic E-state index is -5.27. The summed E-state index contributed by atoms with van der Waals surface area (Å²) in [5.74, 6) is -1.92. The Morgan fingerprint density at radius 2 is 1.50 bits per heavy atom. The molecule has 13 heteroatoms. The van der Waals surface area contributed by atoms with E-state index in [0.717, 1.165) is 18.2 Å². The minimum Gasteiger partial charge on any atom is -0.406 e. The van der Waals surface area contributed by atoms with E-state index in [1.54, 1.807) is 26.0 Å². The molecule has 2 amide bonds. The minimum absolute atomic E-state index is 0.0430. The van der Waals surface area contributed by atoms with Gasteiger partial charge in [0.2, 0.25) is 5.60 Å². The lowest BCUT2D eigenvalue weighted by Crippen LogP contribution is -2.43. The van der Waals surface area contributed by atoms with E-state index in [2.05, 4.69) is 15.4 Å². The molecule has 0 bridgehead atoms. The molecule has 0 fully saturated rings. The van der Waals surface area contributed by atoms with Gasteiger partial charge in [0.1, 0.15) is 5.75 Å². The fourth-order valence-electron chi connectivity index (χ4n) is 3.89. The standard InChI is InChI=1S/C27H23F6IN2O4/c1-14(2)35-24(38)22-19(5-4-6-20(22)34)23(37)36-21-12-9-17(13-15(21)3)25(39,26(28,29)30)16-7-10-18(11-8-16)40-27(31,32)33/h4-14,39H,1-3H3,(H,35,38)(H,36,37). The number of nitrogens with one attached hydrogen (secondary N) is 2. The summed E-state index contributed by atoms with van der Waals surface area (Å²) >= 11 is 1.91. The summed E-state index contributed by atoms with van der Waals surface area (Å²) in [4.78, 5) is 25.8. The highest BCUT2D eigenvalue weighted by molar-refractivity contribution is 14.1. The van der Waals surface area contributed by atoms with Crippen molar-refractivity contribution in [3.63, 3.8) is 0 Å². The van der Waals surface area contributed by atoms with Gasteiger partial charge < -0.3 is 20.5 Å². The Bertz CT molecular complexity index is 1410. The van der Waals surface area contributed by atoms with Crippen LogP contribution in [-0.2, 0) is 5.60 Å². The molecule has 0 saturated carbocycles. The molecule has 40 heavy (non-hydrogen) atoms. The van der Waals surface area contributed by atoms with Crippen molar-refractivity contribution < 1.29 is 45.8 Å². The summed E-state index contributed by atoms with van der Waals surface area (Å²) in [5.41, 5.74) is -4.54. The summed E-state index contributed by atoms with van der Waals surface area (Å²) in [5, 5.41) is 16.2. The van der Waals surface area contributed by atoms with Crippen molar-refractivity contribution in [3.05, 3.63) is 92.1 Å². The van der Waals surface area contributed by atoms with Gasteiger partial charge in [0.05, 0.1) is 11.1 Å². The number of benzene rings is 3. The normalized spacial score (nSPS) is 13.5. The van der Waals surface area contributed by atoms with Crippen molar-refractivity contribution in [2.45, 2.75) is 45.0 Å². The summed E-state index contributed by atoms with van der Waals surface area (Å²) < 4.78 is 84.1. The molecule has 3 aromatic carbocycles. The fourth-order valence-corrected chi connectivity index (χ4v) is 4.63. The molecule has 1 unspecified atom stereocenters. The van der Waals surface area contributed by atoms with Crippen molar-refractivity contribution >= 4 is 40.1 Å². The van der Waals surface area contributed by atoms with E-state index in [1.807, 2.05) is 22.6 Å². The maximum absolute atomic E-state index is 14.2. The van der Waals surface area contributed by atoms with Gasteiger partial charge in [0, 0.05) is 15.3 Å². The average molecular weight is 680 g/mol. The highest BCUT2D eigenvalue weighted by atomic mass is 127. The second-order valence-electron chi connectivity index (χ2n) is 9.05. The molecule has 0 aliphatic heterocycles. The van der Waals surface area contributed by atoms with Crippen molar-refractivity contribution in [1.29, 1.82) is 0 Å². The number of anilines is 1. The molecule has 0 aliphatic carbocycles. The second-order valence-corrected chi connectivity index (χ2v) is 10.2. The van der Waals surface area contributed by atoms with Gasteiger partial charge in [-0.1, -0.05) is 30.3 Å². The van der Waals surface area contributed by atoms with Crippen LogP contribution < -0.4 is 15.4 Å². The monoisotopic (exact) mass is 680 g/mol. The Morgan fingerprint density at radius 3 is 2.02 bits per heavy atom. The first-order valence-corrected chi connectivity index (χ1v) is 12.7. The quantitative estimate of drug-likeness (QED) is 0.192. The van der Waals surface area contributed by atoms with Crippen LogP contribution in [0.25, 0.3) is 0 Å². The van der Waals surface area contributed by atoms with E-state index >= 15 is 0 Å². The number of aryl methyl sites for hydroxylation is 1. The molecule has 214 valence electrons. The van der Waals surface area contributed by atoms with Gasteiger partial charge in [-0.3, -0.25) is 9.59 Å². The molecule has 0 aromatic heterocycles. The molecule has 0 heterocycles. The van der Waals surface area contributed by atoms with Gasteiger partial charge in [0.15, 0.2) is 0 Å². The second kappa shape index (κ2) is 11.6. The Labute approximate surface area is 238 Å². The first-order valence-electron chi connectivity index (χ1n) is 11.6. The molecule has 3 rings (SSSR count). The highest BCUT2D eigenvalue weighted by Gasteiger charge is 2.56. The molecule has 3 N–H and O–H groups in total. The maximum Gasteiger partial charge on any atom is 0.573 e. The topological polar surface area (TPSA) is 87.7 Å². The number of hydrogen-bond acceptors (Lipinski definition) is 4. The number of rotatable bonds is 7. The van der Waals surface area contributed by atoms with Crippen LogP contribution >= 0.6 is 22.6 Å². The predicted molar refractivity (Wildman–Crippen MR) is 143 cm³/mol. The Balaban J connectivity index is 1.96. The predicted octanol–water partition coefficient (Wildman–Crippen LogP) is 6.69. The number of ether oxygens (including phenoxy) is 1. The lowest BCUT2D eigenvalue weighted by molar-refractivity contribution is -0.274. The van der Waals surface area contributed by atoms with Gasteiger partial charge >= 0.3 is 12.5 Å². The molecule has 0 aliphatic rings. The number of hydrogen-bond donors (Lipinski definition) is 3. The zero-order valence-electron chi connectivity index (χ0n) is 21.2. The summed E-state index contributed by atoms with van der Waals surface area (Å²) in [6, 6.07) is 10.2. The van der Waals surface area contributed by atoms with Crippen molar-refractivity contribution in [1.82, 2.24) is 5.32 Å². The SMILES string of the molecule is Cc1cc(C(O)(c2ccc(OC(F)(F)F)cc2)C(F)(F)F)ccc1NC(=O)c1cccc(I)c1C(=O)NC(C)C. The third-order valence-corrected chi connectivity index (χ3v) is 6.61. The lowest BCUT2D eigenvalue weighted by atomic mass is 9.84. The van der Waals surface area contributed by atoms with Crippen LogP contribution in [0.4, 0.5) is 32.0 Å². The first-order chi connectivity index (χ1) is 18.4. The first kappa shape index (κ1) is 31.2. The van der Waals surface area contributed by atoms with E-state index in [-0.39, 0.29) is 28.4 Å². The molecule has 6 nitrogen and oxygen atoms in total. The van der Waals surface area contributed by atoms with E-state index < -0.39 is 46.8 Å². The lowest BCUT2D eigenvalue weighted by Gasteiger charge is -2.32. The number of aliphatic hydroxyl groups is 1. The third kappa shape index (κ3) is 6.86. The van der Waals surface area contributed by atoms with Crippen LogP contribution in [0.5, 0.6) is 5.75 Å². The Kier molecular flexibility index (Phi) is 9.09. The van der Waals surface area contributed by atoms with Crippen LogP contribution in [0, 0.1) is 10.5 Å².